The highest BCUT2D eigenvalue weighted by Crippen LogP contribution is 2.24. The van der Waals surface area contributed by atoms with E-state index in [9.17, 15) is 4.79 Å². The Hall–Kier alpha value is -1.87. The number of carbonyl (C=O) groups is 1. The van der Waals surface area contributed by atoms with Gasteiger partial charge in [0.2, 0.25) is 5.91 Å². The maximum absolute atomic E-state index is 12.2. The minimum absolute atomic E-state index is 0.00569. The predicted octanol–water partition coefficient (Wildman–Crippen LogP) is 3.01. The highest BCUT2D eigenvalue weighted by molar-refractivity contribution is 6.02. The summed E-state index contributed by atoms with van der Waals surface area (Å²) in [6.07, 6.45) is 0. The monoisotopic (exact) mass is 256 g/mol. The van der Waals surface area contributed by atoms with E-state index in [-0.39, 0.29) is 17.7 Å². The molecule has 0 aromatic heterocycles. The summed E-state index contributed by atoms with van der Waals surface area (Å²) in [6.45, 7) is 4.40. The number of nitrogens with two attached hydrogens (primary N) is 1. The first-order valence-electron chi connectivity index (χ1n) is 6.62. The van der Waals surface area contributed by atoms with Gasteiger partial charge in [0.25, 0.3) is 0 Å². The minimum atomic E-state index is -0.154. The lowest BCUT2D eigenvalue weighted by atomic mass is 9.95. The van der Waals surface area contributed by atoms with Gasteiger partial charge < -0.3 is 11.1 Å². The van der Waals surface area contributed by atoms with Gasteiger partial charge in [0, 0.05) is 17.6 Å². The standard InChI is InChI=1S/C16H20N2O/c1-11(2)14(10-17)16(19)18-15-9-5-7-12-6-3-4-8-13(12)15/h3-9,11,14H,10,17H2,1-2H3,(H,18,19). The molecule has 2 aromatic rings. The second-order valence-corrected chi connectivity index (χ2v) is 5.10. The molecule has 0 heterocycles. The molecule has 0 bridgehead atoms. The Kier molecular flexibility index (Phi) is 4.17. The highest BCUT2D eigenvalue weighted by atomic mass is 16.1. The van der Waals surface area contributed by atoms with Crippen LogP contribution in [0, 0.1) is 11.8 Å². The van der Waals surface area contributed by atoms with Crippen LogP contribution in [0.5, 0.6) is 0 Å². The van der Waals surface area contributed by atoms with E-state index < -0.39 is 0 Å². The van der Waals surface area contributed by atoms with E-state index in [0.717, 1.165) is 16.5 Å². The SMILES string of the molecule is CC(C)C(CN)C(=O)Nc1cccc2ccccc12. The average Bonchev–Trinajstić information content (AvgIpc) is 2.39. The number of rotatable bonds is 4. The van der Waals surface area contributed by atoms with Gasteiger partial charge in [0.15, 0.2) is 0 Å². The molecule has 3 N–H and O–H groups in total. The van der Waals surface area contributed by atoms with E-state index in [2.05, 4.69) is 5.32 Å². The summed E-state index contributed by atoms with van der Waals surface area (Å²) in [5.41, 5.74) is 6.53. The van der Waals surface area contributed by atoms with Crippen LogP contribution in [0.2, 0.25) is 0 Å². The molecule has 0 saturated heterocycles. The molecule has 0 fully saturated rings. The Morgan fingerprint density at radius 2 is 1.84 bits per heavy atom. The van der Waals surface area contributed by atoms with E-state index in [1.54, 1.807) is 0 Å². The number of hydrogen-bond donors (Lipinski definition) is 2. The van der Waals surface area contributed by atoms with Gasteiger partial charge >= 0.3 is 0 Å². The molecule has 3 heteroatoms. The van der Waals surface area contributed by atoms with Crippen molar-refractivity contribution in [2.45, 2.75) is 13.8 Å². The minimum Gasteiger partial charge on any atom is -0.330 e. The normalized spacial score (nSPS) is 12.6. The first kappa shape index (κ1) is 13.6. The van der Waals surface area contributed by atoms with E-state index in [4.69, 9.17) is 5.73 Å². The summed E-state index contributed by atoms with van der Waals surface area (Å²) in [7, 11) is 0. The van der Waals surface area contributed by atoms with Crippen LogP contribution in [0.25, 0.3) is 10.8 Å². The van der Waals surface area contributed by atoms with E-state index in [0.29, 0.717) is 6.54 Å². The van der Waals surface area contributed by atoms with Crippen molar-refractivity contribution < 1.29 is 4.79 Å². The van der Waals surface area contributed by atoms with Crippen LogP contribution < -0.4 is 11.1 Å². The van der Waals surface area contributed by atoms with Crippen molar-refractivity contribution in [1.82, 2.24) is 0 Å². The highest BCUT2D eigenvalue weighted by Gasteiger charge is 2.20. The van der Waals surface area contributed by atoms with Crippen molar-refractivity contribution in [2.24, 2.45) is 17.6 Å². The predicted molar refractivity (Wildman–Crippen MR) is 80.0 cm³/mol. The summed E-state index contributed by atoms with van der Waals surface area (Å²) < 4.78 is 0. The van der Waals surface area contributed by atoms with Crippen molar-refractivity contribution in [3.63, 3.8) is 0 Å². The van der Waals surface area contributed by atoms with Gasteiger partial charge in [-0.05, 0) is 17.4 Å². The third-order valence-electron chi connectivity index (χ3n) is 3.44. The van der Waals surface area contributed by atoms with Crippen LogP contribution in [0.3, 0.4) is 0 Å². The van der Waals surface area contributed by atoms with E-state index >= 15 is 0 Å². The smallest absolute Gasteiger partial charge is 0.229 e. The van der Waals surface area contributed by atoms with Crippen LogP contribution in [-0.2, 0) is 4.79 Å². The summed E-state index contributed by atoms with van der Waals surface area (Å²) in [5, 5.41) is 5.17. The van der Waals surface area contributed by atoms with Gasteiger partial charge in [-0.25, -0.2) is 0 Å². The fourth-order valence-corrected chi connectivity index (χ4v) is 2.24. The van der Waals surface area contributed by atoms with Crippen LogP contribution in [-0.4, -0.2) is 12.5 Å². The first-order chi connectivity index (χ1) is 9.13. The Morgan fingerprint density at radius 3 is 2.53 bits per heavy atom. The number of anilines is 1. The molecule has 0 aliphatic rings. The topological polar surface area (TPSA) is 55.1 Å². The van der Waals surface area contributed by atoms with Crippen molar-refractivity contribution in [2.75, 3.05) is 11.9 Å². The second-order valence-electron chi connectivity index (χ2n) is 5.10. The Labute approximate surface area is 113 Å². The van der Waals surface area contributed by atoms with Crippen molar-refractivity contribution >= 4 is 22.4 Å². The van der Waals surface area contributed by atoms with Crippen LogP contribution >= 0.6 is 0 Å². The third kappa shape index (κ3) is 2.93. The van der Waals surface area contributed by atoms with Crippen LogP contribution in [0.4, 0.5) is 5.69 Å². The zero-order valence-electron chi connectivity index (χ0n) is 11.4. The van der Waals surface area contributed by atoms with E-state index in [1.165, 1.54) is 0 Å². The number of benzene rings is 2. The molecule has 19 heavy (non-hydrogen) atoms. The quantitative estimate of drug-likeness (QED) is 0.883. The summed E-state index contributed by atoms with van der Waals surface area (Å²) in [4.78, 5) is 12.2. The molecular weight excluding hydrogens is 236 g/mol. The maximum Gasteiger partial charge on any atom is 0.229 e. The van der Waals surface area contributed by atoms with Crippen molar-refractivity contribution in [3.8, 4) is 0 Å². The maximum atomic E-state index is 12.2. The molecule has 2 rings (SSSR count). The summed E-state index contributed by atoms with van der Waals surface area (Å²) >= 11 is 0. The third-order valence-corrected chi connectivity index (χ3v) is 3.44. The lowest BCUT2D eigenvalue weighted by molar-refractivity contribution is -0.120. The summed E-state index contributed by atoms with van der Waals surface area (Å²) in [5.74, 6) is 0.0767. The number of hydrogen-bond acceptors (Lipinski definition) is 2. The van der Waals surface area contributed by atoms with Crippen molar-refractivity contribution in [3.05, 3.63) is 42.5 Å². The Balaban J connectivity index is 2.29. The number of fused-ring (bicyclic) bond motifs is 1. The van der Waals surface area contributed by atoms with Crippen molar-refractivity contribution in [1.29, 1.82) is 0 Å². The summed E-state index contributed by atoms with van der Waals surface area (Å²) in [6, 6.07) is 13.9. The lowest BCUT2D eigenvalue weighted by Crippen LogP contribution is -2.33. The molecule has 0 spiro atoms. The van der Waals surface area contributed by atoms with Gasteiger partial charge in [-0.2, -0.15) is 0 Å². The molecule has 1 atom stereocenters. The van der Waals surface area contributed by atoms with Gasteiger partial charge in [-0.15, -0.1) is 0 Å². The second kappa shape index (κ2) is 5.85. The van der Waals surface area contributed by atoms with Crippen LogP contribution in [0.15, 0.2) is 42.5 Å². The van der Waals surface area contributed by atoms with Gasteiger partial charge in [0.1, 0.15) is 0 Å². The first-order valence-corrected chi connectivity index (χ1v) is 6.62. The molecule has 0 saturated carbocycles. The molecule has 0 aliphatic heterocycles. The van der Waals surface area contributed by atoms with Crippen LogP contribution in [0.1, 0.15) is 13.8 Å². The molecule has 1 unspecified atom stereocenters. The molecular formula is C16H20N2O. The van der Waals surface area contributed by atoms with Gasteiger partial charge in [0.05, 0.1) is 5.92 Å². The fourth-order valence-electron chi connectivity index (χ4n) is 2.24. The van der Waals surface area contributed by atoms with E-state index in [1.807, 2.05) is 56.3 Å². The number of nitrogens with one attached hydrogen (secondary N) is 1. The number of carbonyl (C=O) groups excluding carboxylic acids is 1. The fraction of sp³-hybridized carbons (Fsp3) is 0.312. The molecule has 100 valence electrons. The Bertz CT molecular complexity index is 572. The number of amides is 1. The Morgan fingerprint density at radius 1 is 1.16 bits per heavy atom. The zero-order valence-corrected chi connectivity index (χ0v) is 11.4. The lowest BCUT2D eigenvalue weighted by Gasteiger charge is -2.19. The molecule has 0 radical (unpaired) electrons. The van der Waals surface area contributed by atoms with Gasteiger partial charge in [-0.3, -0.25) is 4.79 Å². The molecule has 2 aromatic carbocycles. The molecule has 3 nitrogen and oxygen atoms in total. The average molecular weight is 256 g/mol. The molecule has 0 aliphatic carbocycles. The molecule has 1 amide bonds. The van der Waals surface area contributed by atoms with Gasteiger partial charge in [-0.1, -0.05) is 50.2 Å². The zero-order chi connectivity index (χ0) is 13.8. The largest absolute Gasteiger partial charge is 0.330 e.